The van der Waals surface area contributed by atoms with Crippen LogP contribution in [0, 0.1) is 10.1 Å². The van der Waals surface area contributed by atoms with Crippen LogP contribution in [0.4, 0.5) is 11.4 Å². The van der Waals surface area contributed by atoms with Gasteiger partial charge in [0.15, 0.2) is 0 Å². The van der Waals surface area contributed by atoms with Crippen molar-refractivity contribution >= 4 is 39.0 Å². The van der Waals surface area contributed by atoms with Gasteiger partial charge in [0, 0.05) is 10.5 Å². The molecule has 2 aromatic rings. The van der Waals surface area contributed by atoms with Gasteiger partial charge >= 0.3 is 0 Å². The summed E-state index contributed by atoms with van der Waals surface area (Å²) in [4.78, 5) is 36.1. The Morgan fingerprint density at radius 2 is 1.82 bits per heavy atom. The first-order valence-corrected chi connectivity index (χ1v) is 7.16. The molecule has 1 aliphatic rings. The molecule has 110 valence electrons. The van der Waals surface area contributed by atoms with E-state index in [0.717, 1.165) is 10.5 Å². The van der Waals surface area contributed by atoms with Crippen molar-refractivity contribution in [2.75, 3.05) is 4.90 Å². The topological polar surface area (TPSA) is 80.5 Å². The minimum absolute atomic E-state index is 0.0574. The second-order valence-electron chi connectivity index (χ2n) is 4.78. The number of ketones is 1. The molecule has 0 unspecified atom stereocenters. The Balaban J connectivity index is 2.14. The minimum atomic E-state index is -0.750. The molecule has 0 saturated carbocycles. The van der Waals surface area contributed by atoms with Gasteiger partial charge in [-0.2, -0.15) is 0 Å². The van der Waals surface area contributed by atoms with Crippen LogP contribution in [0.1, 0.15) is 15.9 Å². The summed E-state index contributed by atoms with van der Waals surface area (Å²) in [5.74, 6) is -1.48. The quantitative estimate of drug-likeness (QED) is 0.478. The molecule has 0 aromatic heterocycles. The number of fused-ring (bicyclic) bond motifs is 1. The highest BCUT2D eigenvalue weighted by Crippen LogP contribution is 2.40. The van der Waals surface area contributed by atoms with Crippen LogP contribution >= 0.6 is 15.9 Å². The lowest BCUT2D eigenvalue weighted by Gasteiger charge is -2.16. The number of carbonyl (C=O) groups excluding carboxylic acids is 2. The van der Waals surface area contributed by atoms with Crippen molar-refractivity contribution in [3.63, 3.8) is 0 Å². The van der Waals surface area contributed by atoms with E-state index in [1.54, 1.807) is 24.3 Å². The number of amides is 1. The molecular formula is C15H9BrN2O4. The number of hydrogen-bond donors (Lipinski definition) is 0. The first-order chi connectivity index (χ1) is 10.5. The second-order valence-corrected chi connectivity index (χ2v) is 5.70. The molecule has 0 saturated heterocycles. The summed E-state index contributed by atoms with van der Waals surface area (Å²) >= 11 is 3.13. The Hall–Kier alpha value is -2.54. The predicted molar refractivity (Wildman–Crippen MR) is 82.8 cm³/mol. The molecule has 1 aliphatic heterocycles. The Morgan fingerprint density at radius 1 is 1.14 bits per heavy atom. The molecule has 0 bridgehead atoms. The number of rotatable bonds is 3. The number of halogens is 1. The largest absolute Gasteiger partial charge is 0.299 e. The van der Waals surface area contributed by atoms with E-state index in [-0.39, 0.29) is 23.5 Å². The van der Waals surface area contributed by atoms with Crippen molar-refractivity contribution in [3.8, 4) is 0 Å². The molecular weight excluding hydrogens is 352 g/mol. The third kappa shape index (κ3) is 2.29. The fourth-order valence-corrected chi connectivity index (χ4v) is 2.88. The van der Waals surface area contributed by atoms with Crippen molar-refractivity contribution in [1.29, 1.82) is 0 Å². The highest BCUT2D eigenvalue weighted by molar-refractivity contribution is 9.10. The Labute approximate surface area is 133 Å². The van der Waals surface area contributed by atoms with Crippen molar-refractivity contribution < 1.29 is 14.5 Å². The molecule has 2 aromatic carbocycles. The molecule has 0 N–H and O–H groups in total. The molecule has 0 atom stereocenters. The molecule has 3 rings (SSSR count). The van der Waals surface area contributed by atoms with E-state index in [4.69, 9.17) is 0 Å². The molecule has 0 radical (unpaired) electrons. The van der Waals surface area contributed by atoms with Gasteiger partial charge in [-0.05, 0) is 11.6 Å². The van der Waals surface area contributed by atoms with Crippen LogP contribution in [0.5, 0.6) is 0 Å². The lowest BCUT2D eigenvalue weighted by atomic mass is 10.1. The number of hydrogen-bond acceptors (Lipinski definition) is 4. The second kappa shape index (κ2) is 5.34. The van der Waals surface area contributed by atoms with Gasteiger partial charge in [-0.15, -0.1) is 0 Å². The molecule has 7 heteroatoms. The average Bonchev–Trinajstić information content (AvgIpc) is 2.73. The summed E-state index contributed by atoms with van der Waals surface area (Å²) < 4.78 is 0.390. The number of anilines is 1. The molecule has 1 heterocycles. The van der Waals surface area contributed by atoms with Crippen LogP contribution in [0.3, 0.4) is 0 Å². The summed E-state index contributed by atoms with van der Waals surface area (Å²) in [6.45, 7) is 0.112. The monoisotopic (exact) mass is 360 g/mol. The predicted octanol–water partition coefficient (Wildman–Crippen LogP) is 3.09. The number of carbonyl (C=O) groups is 2. The number of nitrogens with zero attached hydrogens (tertiary/aromatic N) is 2. The summed E-state index contributed by atoms with van der Waals surface area (Å²) in [6, 6.07) is 11.7. The zero-order valence-electron chi connectivity index (χ0n) is 11.2. The molecule has 6 nitrogen and oxygen atoms in total. The van der Waals surface area contributed by atoms with Crippen molar-refractivity contribution in [3.05, 3.63) is 68.2 Å². The maximum Gasteiger partial charge on any atom is 0.299 e. The van der Waals surface area contributed by atoms with Crippen LogP contribution in [0.2, 0.25) is 0 Å². The third-order valence-corrected chi connectivity index (χ3v) is 3.85. The number of Topliss-reactive ketones (excluding diaryl/α,β-unsaturated/α-hetero) is 1. The van der Waals surface area contributed by atoms with Gasteiger partial charge < -0.3 is 0 Å². The van der Waals surface area contributed by atoms with Gasteiger partial charge in [0.25, 0.3) is 17.4 Å². The van der Waals surface area contributed by atoms with Crippen LogP contribution in [0.15, 0.2) is 46.9 Å². The summed E-state index contributed by atoms with van der Waals surface area (Å²) in [5.41, 5.74) is 0.641. The first kappa shape index (κ1) is 14.4. The lowest BCUT2D eigenvalue weighted by Crippen LogP contribution is -2.29. The maximum absolute atomic E-state index is 12.2. The highest BCUT2D eigenvalue weighted by Gasteiger charge is 2.41. The molecule has 1 amide bonds. The van der Waals surface area contributed by atoms with Gasteiger partial charge in [0.1, 0.15) is 5.69 Å². The van der Waals surface area contributed by atoms with E-state index in [9.17, 15) is 19.7 Å². The smallest absolute Gasteiger partial charge is 0.294 e. The minimum Gasteiger partial charge on any atom is -0.294 e. The van der Waals surface area contributed by atoms with Gasteiger partial charge in [0.2, 0.25) is 0 Å². The Bertz CT molecular complexity index is 805. The maximum atomic E-state index is 12.2. The van der Waals surface area contributed by atoms with Gasteiger partial charge in [-0.1, -0.05) is 46.3 Å². The van der Waals surface area contributed by atoms with Gasteiger partial charge in [-0.25, -0.2) is 0 Å². The fraction of sp³-hybridized carbons (Fsp3) is 0.0667. The number of benzene rings is 2. The molecule has 22 heavy (non-hydrogen) atoms. The van der Waals surface area contributed by atoms with Crippen LogP contribution < -0.4 is 4.90 Å². The number of nitro benzene ring substituents is 1. The SMILES string of the molecule is O=C1C(=O)N(Cc2ccccc2)c2c1cc(Br)cc2[N+](=O)[O-]. The summed E-state index contributed by atoms with van der Waals surface area (Å²) in [5, 5.41) is 11.3. The van der Waals surface area contributed by atoms with Crippen LogP contribution in [-0.2, 0) is 11.3 Å². The van der Waals surface area contributed by atoms with Crippen LogP contribution in [-0.4, -0.2) is 16.6 Å². The fourth-order valence-electron chi connectivity index (χ4n) is 2.44. The van der Waals surface area contributed by atoms with E-state index < -0.39 is 16.6 Å². The standard InChI is InChI=1S/C15H9BrN2O4/c16-10-6-11-13(12(7-10)18(21)22)17(15(20)14(11)19)8-9-4-2-1-3-5-9/h1-7H,8H2. The third-order valence-electron chi connectivity index (χ3n) is 3.39. The molecule has 0 aliphatic carbocycles. The zero-order chi connectivity index (χ0) is 15.9. The van der Waals surface area contributed by atoms with E-state index in [2.05, 4.69) is 15.9 Å². The molecule has 0 fully saturated rings. The first-order valence-electron chi connectivity index (χ1n) is 6.37. The van der Waals surface area contributed by atoms with Gasteiger partial charge in [0.05, 0.1) is 17.0 Å². The summed E-state index contributed by atoms with van der Waals surface area (Å²) in [7, 11) is 0. The Morgan fingerprint density at radius 3 is 2.45 bits per heavy atom. The van der Waals surface area contributed by atoms with E-state index in [1.807, 2.05) is 6.07 Å². The molecule has 0 spiro atoms. The number of nitro groups is 1. The van der Waals surface area contributed by atoms with E-state index >= 15 is 0 Å². The average molecular weight is 361 g/mol. The Kier molecular flexibility index (Phi) is 3.50. The van der Waals surface area contributed by atoms with Crippen molar-refractivity contribution in [2.24, 2.45) is 0 Å². The van der Waals surface area contributed by atoms with Crippen molar-refractivity contribution in [1.82, 2.24) is 0 Å². The normalized spacial score (nSPS) is 13.4. The summed E-state index contributed by atoms with van der Waals surface area (Å²) in [6.07, 6.45) is 0. The van der Waals surface area contributed by atoms with Gasteiger partial charge in [-0.3, -0.25) is 24.6 Å². The highest BCUT2D eigenvalue weighted by atomic mass is 79.9. The zero-order valence-corrected chi connectivity index (χ0v) is 12.7. The lowest BCUT2D eigenvalue weighted by molar-refractivity contribution is -0.384. The van der Waals surface area contributed by atoms with Crippen molar-refractivity contribution in [2.45, 2.75) is 6.54 Å². The van der Waals surface area contributed by atoms with Crippen LogP contribution in [0.25, 0.3) is 0 Å². The van der Waals surface area contributed by atoms with E-state index in [1.165, 1.54) is 12.1 Å². The van der Waals surface area contributed by atoms with E-state index in [0.29, 0.717) is 4.47 Å².